The molecule has 0 atom stereocenters. The van der Waals surface area contributed by atoms with Gasteiger partial charge in [0.05, 0.1) is 5.56 Å². The summed E-state index contributed by atoms with van der Waals surface area (Å²) in [7, 11) is 0. The Morgan fingerprint density at radius 1 is 1.00 bits per heavy atom. The average Bonchev–Trinajstić information content (AvgIpc) is 2.38. The van der Waals surface area contributed by atoms with E-state index in [1.807, 2.05) is 0 Å². The van der Waals surface area contributed by atoms with Crippen molar-refractivity contribution in [3.8, 4) is 5.75 Å². The third-order valence-corrected chi connectivity index (χ3v) is 2.57. The van der Waals surface area contributed by atoms with Gasteiger partial charge in [0.2, 0.25) is 0 Å². The lowest BCUT2D eigenvalue weighted by molar-refractivity contribution is 0.104. The highest BCUT2D eigenvalue weighted by Crippen LogP contribution is 2.18. The van der Waals surface area contributed by atoms with E-state index in [0.717, 1.165) is 24.3 Å². The third kappa shape index (κ3) is 2.85. The highest BCUT2D eigenvalue weighted by molar-refractivity contribution is 6.08. The van der Waals surface area contributed by atoms with E-state index in [1.165, 1.54) is 18.2 Å². The highest BCUT2D eigenvalue weighted by atomic mass is 19.1. The molecule has 0 saturated heterocycles. The number of phenolic OH excluding ortho intramolecular Hbond substituents is 1. The standard InChI is InChI=1S/C15H10F2O2/c16-12-5-3-6-13(17)10(12)8-9-15(19)11-4-1-2-7-14(11)18/h1-9,18H/b9-8+. The molecular formula is C15H10F2O2. The molecule has 0 heterocycles. The van der Waals surface area contributed by atoms with Gasteiger partial charge >= 0.3 is 0 Å². The number of ketones is 1. The summed E-state index contributed by atoms with van der Waals surface area (Å²) in [6, 6.07) is 9.41. The molecule has 0 saturated carbocycles. The summed E-state index contributed by atoms with van der Waals surface area (Å²) in [6.07, 6.45) is 2.08. The summed E-state index contributed by atoms with van der Waals surface area (Å²) in [6.45, 7) is 0. The molecule has 0 amide bonds. The van der Waals surface area contributed by atoms with Crippen LogP contribution in [0, 0.1) is 11.6 Å². The van der Waals surface area contributed by atoms with Crippen molar-refractivity contribution >= 4 is 11.9 Å². The van der Waals surface area contributed by atoms with E-state index >= 15 is 0 Å². The molecule has 0 unspecified atom stereocenters. The number of carbonyl (C=O) groups is 1. The summed E-state index contributed by atoms with van der Waals surface area (Å²) >= 11 is 0. The molecule has 2 aromatic carbocycles. The van der Waals surface area contributed by atoms with E-state index in [0.29, 0.717) is 0 Å². The number of hydrogen-bond acceptors (Lipinski definition) is 2. The van der Waals surface area contributed by atoms with Crippen molar-refractivity contribution in [2.24, 2.45) is 0 Å². The van der Waals surface area contributed by atoms with Crippen LogP contribution in [0.5, 0.6) is 5.75 Å². The summed E-state index contributed by atoms with van der Waals surface area (Å²) < 4.78 is 26.7. The Hall–Kier alpha value is -2.49. The smallest absolute Gasteiger partial charge is 0.189 e. The van der Waals surface area contributed by atoms with E-state index in [-0.39, 0.29) is 16.9 Å². The highest BCUT2D eigenvalue weighted by Gasteiger charge is 2.09. The maximum absolute atomic E-state index is 13.3. The van der Waals surface area contributed by atoms with E-state index in [9.17, 15) is 18.7 Å². The van der Waals surface area contributed by atoms with Crippen LogP contribution in [0.1, 0.15) is 15.9 Å². The first-order valence-corrected chi connectivity index (χ1v) is 5.54. The molecule has 2 rings (SSSR count). The van der Waals surface area contributed by atoms with Crippen LogP contribution in [-0.2, 0) is 0 Å². The molecule has 96 valence electrons. The molecule has 0 aliphatic heterocycles. The van der Waals surface area contributed by atoms with Crippen molar-refractivity contribution in [2.45, 2.75) is 0 Å². The Morgan fingerprint density at radius 2 is 1.63 bits per heavy atom. The Kier molecular flexibility index (Phi) is 3.71. The van der Waals surface area contributed by atoms with Crippen molar-refractivity contribution in [1.82, 2.24) is 0 Å². The predicted molar refractivity (Wildman–Crippen MR) is 67.8 cm³/mol. The molecule has 0 fully saturated rings. The van der Waals surface area contributed by atoms with Gasteiger partial charge in [0.25, 0.3) is 0 Å². The van der Waals surface area contributed by atoms with Crippen LogP contribution < -0.4 is 0 Å². The number of allylic oxidation sites excluding steroid dienone is 1. The minimum absolute atomic E-state index is 0.0792. The maximum atomic E-state index is 13.3. The van der Waals surface area contributed by atoms with E-state index in [4.69, 9.17) is 0 Å². The van der Waals surface area contributed by atoms with Crippen LogP contribution >= 0.6 is 0 Å². The number of rotatable bonds is 3. The Bertz CT molecular complexity index is 628. The van der Waals surface area contributed by atoms with Crippen molar-refractivity contribution in [1.29, 1.82) is 0 Å². The molecule has 0 aromatic heterocycles. The van der Waals surface area contributed by atoms with Gasteiger partial charge in [-0.15, -0.1) is 0 Å². The number of para-hydroxylation sites is 1. The van der Waals surface area contributed by atoms with Gasteiger partial charge in [-0.25, -0.2) is 8.78 Å². The lowest BCUT2D eigenvalue weighted by Crippen LogP contribution is -1.95. The third-order valence-electron chi connectivity index (χ3n) is 2.57. The topological polar surface area (TPSA) is 37.3 Å². The molecule has 1 N–H and O–H groups in total. The number of carbonyl (C=O) groups excluding carboxylic acids is 1. The van der Waals surface area contributed by atoms with Gasteiger partial charge in [0.1, 0.15) is 17.4 Å². The largest absolute Gasteiger partial charge is 0.507 e. The van der Waals surface area contributed by atoms with Crippen molar-refractivity contribution < 1.29 is 18.7 Å². The Balaban J connectivity index is 2.29. The van der Waals surface area contributed by atoms with E-state index < -0.39 is 17.4 Å². The van der Waals surface area contributed by atoms with Gasteiger partial charge in [-0.3, -0.25) is 4.79 Å². The molecule has 0 radical (unpaired) electrons. The second-order valence-electron chi connectivity index (χ2n) is 3.85. The number of halogens is 2. The lowest BCUT2D eigenvalue weighted by Gasteiger charge is -2.00. The summed E-state index contributed by atoms with van der Waals surface area (Å²) in [5, 5.41) is 9.48. The zero-order chi connectivity index (χ0) is 13.8. The maximum Gasteiger partial charge on any atom is 0.189 e. The first-order chi connectivity index (χ1) is 9.09. The van der Waals surface area contributed by atoms with Crippen LogP contribution in [0.2, 0.25) is 0 Å². The number of benzene rings is 2. The minimum atomic E-state index is -0.749. The molecule has 2 nitrogen and oxygen atoms in total. The van der Waals surface area contributed by atoms with Gasteiger partial charge in [0, 0.05) is 5.56 Å². The Morgan fingerprint density at radius 3 is 2.26 bits per heavy atom. The fourth-order valence-corrected chi connectivity index (χ4v) is 1.60. The summed E-state index contributed by atoms with van der Waals surface area (Å²) in [5.41, 5.74) is -0.207. The van der Waals surface area contributed by atoms with Crippen LogP contribution in [0.4, 0.5) is 8.78 Å². The van der Waals surface area contributed by atoms with E-state index in [1.54, 1.807) is 12.1 Å². The van der Waals surface area contributed by atoms with Crippen LogP contribution in [0.25, 0.3) is 6.08 Å². The number of hydrogen-bond donors (Lipinski definition) is 1. The Labute approximate surface area is 108 Å². The summed E-state index contributed by atoms with van der Waals surface area (Å²) in [4.78, 5) is 11.8. The summed E-state index contributed by atoms with van der Waals surface area (Å²) in [5.74, 6) is -2.20. The normalized spacial score (nSPS) is 10.8. The number of phenols is 1. The van der Waals surface area contributed by atoms with Gasteiger partial charge in [-0.2, -0.15) is 0 Å². The van der Waals surface area contributed by atoms with E-state index in [2.05, 4.69) is 0 Å². The quantitative estimate of drug-likeness (QED) is 0.676. The molecular weight excluding hydrogens is 250 g/mol. The molecule has 0 aliphatic rings. The van der Waals surface area contributed by atoms with Crippen LogP contribution in [-0.4, -0.2) is 10.9 Å². The molecule has 0 spiro atoms. The lowest BCUT2D eigenvalue weighted by atomic mass is 10.1. The zero-order valence-electron chi connectivity index (χ0n) is 9.81. The zero-order valence-corrected chi connectivity index (χ0v) is 9.81. The second kappa shape index (κ2) is 5.44. The van der Waals surface area contributed by atoms with Gasteiger partial charge in [-0.1, -0.05) is 18.2 Å². The first kappa shape index (κ1) is 13.0. The van der Waals surface area contributed by atoms with Gasteiger partial charge < -0.3 is 5.11 Å². The number of aromatic hydroxyl groups is 1. The predicted octanol–water partition coefficient (Wildman–Crippen LogP) is 3.57. The second-order valence-corrected chi connectivity index (χ2v) is 3.85. The molecule has 19 heavy (non-hydrogen) atoms. The van der Waals surface area contributed by atoms with Crippen LogP contribution in [0.15, 0.2) is 48.5 Å². The molecule has 4 heteroatoms. The van der Waals surface area contributed by atoms with Gasteiger partial charge in [-0.05, 0) is 36.4 Å². The monoisotopic (exact) mass is 260 g/mol. The van der Waals surface area contributed by atoms with Crippen molar-refractivity contribution in [3.63, 3.8) is 0 Å². The SMILES string of the molecule is O=C(/C=C/c1c(F)cccc1F)c1ccccc1O. The van der Waals surface area contributed by atoms with Crippen molar-refractivity contribution in [2.75, 3.05) is 0 Å². The fourth-order valence-electron chi connectivity index (χ4n) is 1.60. The van der Waals surface area contributed by atoms with Crippen LogP contribution in [0.3, 0.4) is 0 Å². The van der Waals surface area contributed by atoms with Crippen molar-refractivity contribution in [3.05, 3.63) is 71.3 Å². The molecule has 0 bridgehead atoms. The fraction of sp³-hybridized carbons (Fsp3) is 0. The molecule has 0 aliphatic carbocycles. The molecule has 2 aromatic rings. The first-order valence-electron chi connectivity index (χ1n) is 5.54. The van der Waals surface area contributed by atoms with Gasteiger partial charge in [0.15, 0.2) is 5.78 Å². The minimum Gasteiger partial charge on any atom is -0.507 e. The average molecular weight is 260 g/mol.